The maximum absolute atomic E-state index is 13.9. The van der Waals surface area contributed by atoms with E-state index in [4.69, 9.17) is 11.2 Å². The van der Waals surface area contributed by atoms with Gasteiger partial charge in [0.1, 0.15) is 17.7 Å². The van der Waals surface area contributed by atoms with E-state index in [-0.39, 0.29) is 23.8 Å². The molecule has 0 radical (unpaired) electrons. The molecule has 0 saturated heterocycles. The molecule has 1 aromatic rings. The number of amides is 3. The van der Waals surface area contributed by atoms with Crippen molar-refractivity contribution in [1.82, 2.24) is 15.5 Å². The van der Waals surface area contributed by atoms with Gasteiger partial charge in [0.2, 0.25) is 11.8 Å². The smallest absolute Gasteiger partial charge is 0.408 e. The molecule has 0 heterocycles. The maximum Gasteiger partial charge on any atom is 0.408 e. The van der Waals surface area contributed by atoms with E-state index in [1.807, 2.05) is 34.6 Å². The van der Waals surface area contributed by atoms with Crippen molar-refractivity contribution < 1.29 is 19.1 Å². The predicted octanol–water partition coefficient (Wildman–Crippen LogP) is 4.41. The van der Waals surface area contributed by atoms with Gasteiger partial charge >= 0.3 is 6.09 Å². The molecule has 188 valence electrons. The van der Waals surface area contributed by atoms with Crippen molar-refractivity contribution in [3.63, 3.8) is 0 Å². The third-order valence-electron chi connectivity index (χ3n) is 5.02. The van der Waals surface area contributed by atoms with E-state index in [1.165, 1.54) is 0 Å². The molecule has 0 aliphatic heterocycles. The number of carbonyl (C=O) groups excluding carboxylic acids is 3. The van der Waals surface area contributed by atoms with Crippen LogP contribution in [0.1, 0.15) is 85.4 Å². The number of alkyl carbamates (subject to hydrolysis) is 1. The van der Waals surface area contributed by atoms with Gasteiger partial charge in [-0.2, -0.15) is 0 Å². The van der Waals surface area contributed by atoms with Crippen molar-refractivity contribution in [2.24, 2.45) is 5.92 Å². The molecule has 0 bridgehead atoms. The van der Waals surface area contributed by atoms with Crippen LogP contribution < -0.4 is 10.6 Å². The molecule has 1 aromatic carbocycles. The molecule has 0 aromatic heterocycles. The first-order chi connectivity index (χ1) is 15.8. The molecule has 3 amide bonds. The Kier molecular flexibility index (Phi) is 11.1. The highest BCUT2D eigenvalue weighted by atomic mass is 16.6. The number of terminal acetylenes is 1. The summed E-state index contributed by atoms with van der Waals surface area (Å²) >= 11 is 0. The van der Waals surface area contributed by atoms with Gasteiger partial charge in [-0.05, 0) is 64.7 Å². The number of hydrogen-bond acceptors (Lipinski definition) is 4. The molecular weight excluding hydrogens is 430 g/mol. The van der Waals surface area contributed by atoms with Crippen LogP contribution in [0.2, 0.25) is 0 Å². The Labute approximate surface area is 205 Å². The monoisotopic (exact) mass is 471 g/mol. The number of nitrogens with zero attached hydrogens (tertiary/aromatic N) is 1. The van der Waals surface area contributed by atoms with Gasteiger partial charge in [0.05, 0.1) is 0 Å². The molecule has 0 saturated carbocycles. The second-order valence-corrected chi connectivity index (χ2v) is 10.1. The first kappa shape index (κ1) is 29.0. The second kappa shape index (κ2) is 13.0. The zero-order chi connectivity index (χ0) is 26.1. The zero-order valence-electron chi connectivity index (χ0n) is 21.9. The van der Waals surface area contributed by atoms with Crippen LogP contribution in [0.15, 0.2) is 24.3 Å². The number of nitrogens with one attached hydrogen (secondary N) is 2. The Morgan fingerprint density at radius 1 is 1.06 bits per heavy atom. The number of carbonyl (C=O) groups is 3. The number of ether oxygens (including phenoxy) is 1. The lowest BCUT2D eigenvalue weighted by atomic mass is 9.97. The first-order valence-electron chi connectivity index (χ1n) is 12.0. The average Bonchev–Trinajstić information content (AvgIpc) is 2.72. The average molecular weight is 472 g/mol. The van der Waals surface area contributed by atoms with Crippen LogP contribution >= 0.6 is 0 Å². The van der Waals surface area contributed by atoms with Crippen molar-refractivity contribution in [1.29, 1.82) is 0 Å². The Morgan fingerprint density at radius 3 is 2.09 bits per heavy atom. The molecule has 2 atom stereocenters. The minimum absolute atomic E-state index is 0.108. The van der Waals surface area contributed by atoms with E-state index in [2.05, 4.69) is 16.6 Å². The summed E-state index contributed by atoms with van der Waals surface area (Å²) in [7, 11) is 0. The molecule has 0 aliphatic carbocycles. The number of rotatable bonds is 10. The third kappa shape index (κ3) is 9.09. The fraction of sp³-hybridized carbons (Fsp3) is 0.593. The molecule has 0 fully saturated rings. The normalized spacial score (nSPS) is 13.1. The van der Waals surface area contributed by atoms with Crippen LogP contribution in [0, 0.1) is 18.3 Å². The fourth-order valence-electron chi connectivity index (χ4n) is 3.42. The van der Waals surface area contributed by atoms with Crippen molar-refractivity contribution in [2.75, 3.05) is 6.54 Å². The van der Waals surface area contributed by atoms with Gasteiger partial charge in [-0.25, -0.2) is 4.79 Å². The third-order valence-corrected chi connectivity index (χ3v) is 5.02. The summed E-state index contributed by atoms with van der Waals surface area (Å²) < 4.78 is 5.38. The van der Waals surface area contributed by atoms with Crippen LogP contribution in [0.25, 0.3) is 0 Å². The number of unbranched alkanes of at least 4 members (excludes halogenated alkanes) is 1. The second-order valence-electron chi connectivity index (χ2n) is 10.1. The molecule has 7 heteroatoms. The topological polar surface area (TPSA) is 87.7 Å². The van der Waals surface area contributed by atoms with Gasteiger partial charge in [-0.3, -0.25) is 9.59 Å². The van der Waals surface area contributed by atoms with Crippen molar-refractivity contribution >= 4 is 17.9 Å². The molecule has 1 rings (SSSR count). The summed E-state index contributed by atoms with van der Waals surface area (Å²) in [6.45, 7) is 15.1. The summed E-state index contributed by atoms with van der Waals surface area (Å²) in [5, 5.41) is 5.66. The van der Waals surface area contributed by atoms with Gasteiger partial charge in [0.15, 0.2) is 0 Å². The van der Waals surface area contributed by atoms with Crippen LogP contribution in [-0.2, 0) is 14.3 Å². The first-order valence-corrected chi connectivity index (χ1v) is 12.0. The van der Waals surface area contributed by atoms with Gasteiger partial charge in [0.25, 0.3) is 0 Å². The SMILES string of the molecule is C#Cc1ccc(C(C(=O)NC(C)C)N(CCCC)C(=O)C(NC(=O)OC(C)(C)C)C(C)C)cc1. The van der Waals surface area contributed by atoms with Gasteiger partial charge in [0, 0.05) is 18.2 Å². The van der Waals surface area contributed by atoms with Crippen LogP contribution in [-0.4, -0.2) is 47.0 Å². The summed E-state index contributed by atoms with van der Waals surface area (Å²) in [6.07, 6.45) is 6.37. The summed E-state index contributed by atoms with van der Waals surface area (Å²) in [5.74, 6) is 1.73. The predicted molar refractivity (Wildman–Crippen MR) is 135 cm³/mol. The largest absolute Gasteiger partial charge is 0.444 e. The molecule has 2 N–H and O–H groups in total. The molecule has 34 heavy (non-hydrogen) atoms. The standard InChI is InChI=1S/C27H41N3O4/c1-10-12-17-30(25(32)22(18(3)4)29-26(33)34-27(7,8)9)23(24(31)28-19(5)6)21-15-13-20(11-2)14-16-21/h2,13-16,18-19,22-23H,10,12,17H2,1,3-9H3,(H,28,31)(H,29,33). The Hall–Kier alpha value is -3.01. The molecule has 7 nitrogen and oxygen atoms in total. The van der Waals surface area contributed by atoms with E-state index in [0.29, 0.717) is 24.1 Å². The van der Waals surface area contributed by atoms with Crippen molar-refractivity contribution in [3.05, 3.63) is 35.4 Å². The lowest BCUT2D eigenvalue weighted by molar-refractivity contribution is -0.143. The lowest BCUT2D eigenvalue weighted by Crippen LogP contribution is -2.55. The van der Waals surface area contributed by atoms with E-state index in [9.17, 15) is 14.4 Å². The molecule has 0 spiro atoms. The van der Waals surface area contributed by atoms with Crippen LogP contribution in [0.4, 0.5) is 4.79 Å². The minimum atomic E-state index is -0.866. The molecular formula is C27H41N3O4. The number of benzene rings is 1. The highest BCUT2D eigenvalue weighted by Gasteiger charge is 2.37. The van der Waals surface area contributed by atoms with Gasteiger partial charge in [-0.1, -0.05) is 45.2 Å². The van der Waals surface area contributed by atoms with Gasteiger partial charge < -0.3 is 20.3 Å². The van der Waals surface area contributed by atoms with E-state index in [0.717, 1.165) is 6.42 Å². The highest BCUT2D eigenvalue weighted by Crippen LogP contribution is 2.25. The van der Waals surface area contributed by atoms with E-state index < -0.39 is 23.8 Å². The van der Waals surface area contributed by atoms with Crippen molar-refractivity contribution in [3.8, 4) is 12.3 Å². The Morgan fingerprint density at radius 2 is 1.65 bits per heavy atom. The zero-order valence-corrected chi connectivity index (χ0v) is 21.9. The Bertz CT molecular complexity index is 863. The molecule has 0 aliphatic rings. The minimum Gasteiger partial charge on any atom is -0.444 e. The van der Waals surface area contributed by atoms with E-state index >= 15 is 0 Å². The number of hydrogen-bond donors (Lipinski definition) is 2. The highest BCUT2D eigenvalue weighted by molar-refractivity contribution is 5.92. The van der Waals surface area contributed by atoms with Crippen LogP contribution in [0.5, 0.6) is 0 Å². The summed E-state index contributed by atoms with van der Waals surface area (Å²) in [6, 6.07) is 5.23. The lowest BCUT2D eigenvalue weighted by Gasteiger charge is -2.36. The van der Waals surface area contributed by atoms with Crippen LogP contribution in [0.3, 0.4) is 0 Å². The Balaban J connectivity index is 3.44. The maximum atomic E-state index is 13.9. The van der Waals surface area contributed by atoms with Gasteiger partial charge in [-0.15, -0.1) is 6.42 Å². The molecule has 2 unspecified atom stereocenters. The quantitative estimate of drug-likeness (QED) is 0.495. The summed E-state index contributed by atoms with van der Waals surface area (Å²) in [5.41, 5.74) is 0.640. The van der Waals surface area contributed by atoms with E-state index in [1.54, 1.807) is 49.9 Å². The van der Waals surface area contributed by atoms with Crippen molar-refractivity contribution in [2.45, 2.75) is 92.0 Å². The summed E-state index contributed by atoms with van der Waals surface area (Å²) in [4.78, 5) is 41.3. The fourth-order valence-corrected chi connectivity index (χ4v) is 3.42.